The van der Waals surface area contributed by atoms with Crippen molar-refractivity contribution in [2.75, 3.05) is 0 Å². The van der Waals surface area contributed by atoms with Crippen molar-refractivity contribution in [1.29, 1.82) is 0 Å². The number of Topliss-reactive ketones (excluding diaryl/α,β-unsaturated/α-hetero) is 1. The molecule has 0 fully saturated rings. The Morgan fingerprint density at radius 1 is 1.38 bits per heavy atom. The highest BCUT2D eigenvalue weighted by Crippen LogP contribution is 2.54. The molecule has 1 unspecified atom stereocenters. The second-order valence-electron chi connectivity index (χ2n) is 7.88. The van der Waals surface area contributed by atoms with Gasteiger partial charge in [0.15, 0.2) is 18.1 Å². The van der Waals surface area contributed by atoms with Gasteiger partial charge in [0, 0.05) is 26.7 Å². The van der Waals surface area contributed by atoms with Crippen LogP contribution in [-0.2, 0) is 10.2 Å². The summed E-state index contributed by atoms with van der Waals surface area (Å²) in [6.07, 6.45) is 1.02. The molecule has 0 spiro atoms. The topological polar surface area (TPSA) is 53.8 Å². The molecular formula is C20H21BrFN3O. The fourth-order valence-corrected chi connectivity index (χ4v) is 4.96. The van der Waals surface area contributed by atoms with Gasteiger partial charge in [-0.2, -0.15) is 10.2 Å². The number of nitrogens with zero attached hydrogens (tertiary/aromatic N) is 2. The summed E-state index contributed by atoms with van der Waals surface area (Å²) < 4.78 is 16.0. The molecule has 0 saturated heterocycles. The predicted molar refractivity (Wildman–Crippen MR) is 101 cm³/mol. The number of allylic oxidation sites excluding steroid dienone is 2. The van der Waals surface area contributed by atoms with E-state index in [1.165, 1.54) is 0 Å². The number of ketones is 1. The standard InChI is InChI=1S/C20H21BrFN3O/c1-4-20(11-6-5-7-12(21)8-11)13-10-23-25-18(13)24-14-9-19(2,3)17(22)16(26)15(14)20/h5-8,10,17-18,24H,4,9H2,1-3H3/t17-,18?,20+/m0/s1. The zero-order valence-electron chi connectivity index (χ0n) is 15.0. The van der Waals surface area contributed by atoms with Gasteiger partial charge in [-0.25, -0.2) is 4.39 Å². The molecule has 0 aromatic heterocycles. The lowest BCUT2D eigenvalue weighted by molar-refractivity contribution is -0.126. The van der Waals surface area contributed by atoms with Crippen molar-refractivity contribution >= 4 is 21.7 Å². The number of carbonyl (C=O) groups is 1. The minimum Gasteiger partial charge on any atom is -0.362 e. The zero-order valence-corrected chi connectivity index (χ0v) is 16.6. The molecule has 0 amide bonds. The van der Waals surface area contributed by atoms with Gasteiger partial charge in [0.1, 0.15) is 0 Å². The first-order valence-electron chi connectivity index (χ1n) is 8.86. The van der Waals surface area contributed by atoms with Crippen molar-refractivity contribution in [3.63, 3.8) is 0 Å². The van der Waals surface area contributed by atoms with Crippen LogP contribution in [0.1, 0.15) is 39.2 Å². The van der Waals surface area contributed by atoms with Crippen molar-refractivity contribution < 1.29 is 9.18 Å². The fourth-order valence-electron chi connectivity index (χ4n) is 4.56. The Morgan fingerprint density at radius 3 is 2.85 bits per heavy atom. The van der Waals surface area contributed by atoms with E-state index in [1.807, 2.05) is 31.2 Å². The molecular weight excluding hydrogens is 397 g/mol. The SMILES string of the molecule is CC[C@@]1(c2cccc(Br)c2)C2=CN=NC2NC2=C1C(=O)[C@H](F)C(C)(C)C2. The Bertz CT molecular complexity index is 889. The maximum Gasteiger partial charge on any atom is 0.196 e. The van der Waals surface area contributed by atoms with E-state index in [-0.39, 0.29) is 6.17 Å². The second-order valence-corrected chi connectivity index (χ2v) is 8.79. The van der Waals surface area contributed by atoms with Gasteiger partial charge >= 0.3 is 0 Å². The Labute approximate surface area is 160 Å². The summed E-state index contributed by atoms with van der Waals surface area (Å²) >= 11 is 3.53. The largest absolute Gasteiger partial charge is 0.362 e. The maximum absolute atomic E-state index is 15.1. The fraction of sp³-hybridized carbons (Fsp3) is 0.450. The maximum atomic E-state index is 15.1. The van der Waals surface area contributed by atoms with Crippen molar-refractivity contribution in [2.45, 2.75) is 51.4 Å². The van der Waals surface area contributed by atoms with Crippen LogP contribution >= 0.6 is 15.9 Å². The van der Waals surface area contributed by atoms with E-state index in [1.54, 1.807) is 20.0 Å². The number of hydrogen-bond donors (Lipinski definition) is 1. The molecule has 3 aliphatic rings. The number of halogens is 2. The van der Waals surface area contributed by atoms with Gasteiger partial charge in [-0.05, 0) is 30.5 Å². The Balaban J connectivity index is 2.02. The molecule has 4 nitrogen and oxygen atoms in total. The van der Waals surface area contributed by atoms with Crippen LogP contribution in [0.5, 0.6) is 0 Å². The quantitative estimate of drug-likeness (QED) is 0.738. The summed E-state index contributed by atoms with van der Waals surface area (Å²) in [6, 6.07) is 7.90. The van der Waals surface area contributed by atoms with Crippen LogP contribution in [-0.4, -0.2) is 18.1 Å². The number of azo groups is 1. The predicted octanol–water partition coefficient (Wildman–Crippen LogP) is 4.97. The highest BCUT2D eigenvalue weighted by Gasteiger charge is 2.56. The van der Waals surface area contributed by atoms with Gasteiger partial charge in [0.25, 0.3) is 0 Å². The lowest BCUT2D eigenvalue weighted by Crippen LogP contribution is -2.54. The molecule has 2 heterocycles. The third-order valence-corrected chi connectivity index (χ3v) is 6.34. The van der Waals surface area contributed by atoms with E-state index in [2.05, 4.69) is 31.5 Å². The van der Waals surface area contributed by atoms with Gasteiger partial charge in [0.05, 0.1) is 11.6 Å². The molecule has 3 atom stereocenters. The van der Waals surface area contributed by atoms with E-state index in [0.29, 0.717) is 18.4 Å². The van der Waals surface area contributed by atoms with Crippen molar-refractivity contribution in [3.05, 3.63) is 57.3 Å². The van der Waals surface area contributed by atoms with Crippen molar-refractivity contribution in [3.8, 4) is 0 Å². The van der Waals surface area contributed by atoms with E-state index in [4.69, 9.17) is 0 Å². The zero-order chi connectivity index (χ0) is 18.7. The molecule has 4 rings (SSSR count). The van der Waals surface area contributed by atoms with Crippen molar-refractivity contribution in [1.82, 2.24) is 5.32 Å². The normalized spacial score (nSPS) is 32.0. The van der Waals surface area contributed by atoms with E-state index in [0.717, 1.165) is 21.3 Å². The van der Waals surface area contributed by atoms with Gasteiger partial charge in [-0.3, -0.25) is 4.79 Å². The summed E-state index contributed by atoms with van der Waals surface area (Å²) in [5.74, 6) is -0.420. The second kappa shape index (κ2) is 5.84. The third kappa shape index (κ3) is 2.27. The molecule has 6 heteroatoms. The van der Waals surface area contributed by atoms with Gasteiger partial charge in [-0.1, -0.05) is 48.8 Å². The van der Waals surface area contributed by atoms with Crippen LogP contribution in [0, 0.1) is 5.41 Å². The van der Waals surface area contributed by atoms with Crippen LogP contribution in [0.4, 0.5) is 4.39 Å². The highest BCUT2D eigenvalue weighted by molar-refractivity contribution is 9.10. The van der Waals surface area contributed by atoms with Gasteiger partial charge in [0.2, 0.25) is 0 Å². The average Bonchev–Trinajstić information content (AvgIpc) is 3.06. The minimum absolute atomic E-state index is 0.299. The van der Waals surface area contributed by atoms with Crippen LogP contribution in [0.15, 0.2) is 62.0 Å². The number of fused-ring (bicyclic) bond motifs is 1. The lowest BCUT2D eigenvalue weighted by atomic mass is 9.58. The summed E-state index contributed by atoms with van der Waals surface area (Å²) in [7, 11) is 0. The minimum atomic E-state index is -1.52. The summed E-state index contributed by atoms with van der Waals surface area (Å²) in [6.45, 7) is 5.64. The van der Waals surface area contributed by atoms with Crippen LogP contribution < -0.4 is 5.32 Å². The first-order valence-corrected chi connectivity index (χ1v) is 9.65. The summed E-state index contributed by atoms with van der Waals surface area (Å²) in [5, 5.41) is 11.8. The molecule has 1 N–H and O–H groups in total. The summed E-state index contributed by atoms with van der Waals surface area (Å²) in [4.78, 5) is 13.2. The molecule has 1 aromatic rings. The number of hydrogen-bond acceptors (Lipinski definition) is 4. The average molecular weight is 418 g/mol. The summed E-state index contributed by atoms with van der Waals surface area (Å²) in [5.41, 5.74) is 1.77. The van der Waals surface area contributed by atoms with E-state index in [9.17, 15) is 4.79 Å². The Hall–Kier alpha value is -1.82. The molecule has 136 valence electrons. The van der Waals surface area contributed by atoms with Crippen LogP contribution in [0.2, 0.25) is 0 Å². The molecule has 0 bridgehead atoms. The van der Waals surface area contributed by atoms with Gasteiger partial charge in [-0.15, -0.1) is 0 Å². The number of carbonyl (C=O) groups excluding carboxylic acids is 1. The van der Waals surface area contributed by atoms with E-state index < -0.39 is 22.8 Å². The monoisotopic (exact) mass is 417 g/mol. The molecule has 2 aliphatic heterocycles. The number of benzene rings is 1. The lowest BCUT2D eigenvalue weighted by Gasteiger charge is -2.48. The van der Waals surface area contributed by atoms with Crippen molar-refractivity contribution in [2.24, 2.45) is 15.6 Å². The Kier molecular flexibility index (Phi) is 3.95. The van der Waals surface area contributed by atoms with Crippen LogP contribution in [0.3, 0.4) is 0 Å². The molecule has 0 saturated carbocycles. The number of alkyl halides is 1. The molecule has 1 aromatic carbocycles. The molecule has 1 aliphatic carbocycles. The van der Waals surface area contributed by atoms with Crippen LogP contribution in [0.25, 0.3) is 0 Å². The third-order valence-electron chi connectivity index (χ3n) is 5.85. The number of rotatable bonds is 2. The first-order chi connectivity index (χ1) is 12.3. The van der Waals surface area contributed by atoms with Gasteiger partial charge < -0.3 is 5.32 Å². The Morgan fingerprint density at radius 2 is 2.15 bits per heavy atom. The highest BCUT2D eigenvalue weighted by atomic mass is 79.9. The molecule has 0 radical (unpaired) electrons. The molecule has 26 heavy (non-hydrogen) atoms. The first kappa shape index (κ1) is 17.6. The smallest absolute Gasteiger partial charge is 0.196 e. The number of nitrogens with one attached hydrogen (secondary N) is 1. The van der Waals surface area contributed by atoms with E-state index >= 15 is 4.39 Å².